The molecular weight excluding hydrogens is 478 g/mol. The summed E-state index contributed by atoms with van der Waals surface area (Å²) in [7, 11) is -3.93. The van der Waals surface area contributed by atoms with Gasteiger partial charge in [0.2, 0.25) is 10.0 Å². The molecule has 0 saturated carbocycles. The first kappa shape index (κ1) is 24.8. The van der Waals surface area contributed by atoms with Gasteiger partial charge in [-0.3, -0.25) is 0 Å². The molecule has 1 aromatic carbocycles. The minimum absolute atomic E-state index is 0.0304. The predicted octanol–water partition coefficient (Wildman–Crippen LogP) is 3.00. The van der Waals surface area contributed by atoms with E-state index in [1.807, 2.05) is 0 Å². The molecule has 2 heterocycles. The Morgan fingerprint density at radius 2 is 1.55 bits per heavy atom. The Morgan fingerprint density at radius 3 is 2.00 bits per heavy atom. The first-order chi connectivity index (χ1) is 15.1. The fourth-order valence-electron chi connectivity index (χ4n) is 3.32. The van der Waals surface area contributed by atoms with E-state index >= 15 is 0 Å². The molecule has 0 unspecified atom stereocenters. The molecule has 3 rings (SSSR count). The van der Waals surface area contributed by atoms with E-state index in [1.54, 1.807) is 0 Å². The summed E-state index contributed by atoms with van der Waals surface area (Å²) in [5.74, 6) is 0.134. The number of piperazine rings is 1. The highest BCUT2D eigenvalue weighted by Crippen LogP contribution is 2.50. The molecule has 1 aliphatic rings. The fourth-order valence-corrected chi connectivity index (χ4v) is 4.68. The number of pyridine rings is 1. The standard InChI is InChI=1S/C19H18F6N4O3S/c1-12-11-28(33(31,32)15-6-7-16(26)27-10-15)8-9-29(12)14-4-2-13(3-5-14)17(30,18(20,21)22)19(23,24)25/h2-7,10,30H,1,8-9,11H2,(H2,26,27). The average molecular weight is 496 g/mol. The van der Waals surface area contributed by atoms with E-state index in [-0.39, 0.29) is 41.7 Å². The van der Waals surface area contributed by atoms with Crippen molar-refractivity contribution in [2.75, 3.05) is 30.3 Å². The molecular formula is C19H18F6N4O3S. The molecule has 14 heteroatoms. The van der Waals surface area contributed by atoms with Crippen LogP contribution in [0.1, 0.15) is 5.56 Å². The molecule has 1 saturated heterocycles. The third-order valence-electron chi connectivity index (χ3n) is 5.13. The highest BCUT2D eigenvalue weighted by atomic mass is 32.2. The van der Waals surface area contributed by atoms with Crippen molar-refractivity contribution >= 4 is 21.5 Å². The molecule has 0 radical (unpaired) electrons. The van der Waals surface area contributed by atoms with Crippen LogP contribution in [0.25, 0.3) is 0 Å². The second-order valence-electron chi connectivity index (χ2n) is 7.23. The third-order valence-corrected chi connectivity index (χ3v) is 6.96. The summed E-state index contributed by atoms with van der Waals surface area (Å²) < 4.78 is 105. The number of hydrogen-bond acceptors (Lipinski definition) is 6. The summed E-state index contributed by atoms with van der Waals surface area (Å²) in [5.41, 5.74) is -0.549. The summed E-state index contributed by atoms with van der Waals surface area (Å²) >= 11 is 0. The Kier molecular flexibility index (Phi) is 6.15. The maximum atomic E-state index is 13.1. The zero-order chi connectivity index (χ0) is 24.8. The van der Waals surface area contributed by atoms with Gasteiger partial charge in [-0.25, -0.2) is 13.4 Å². The van der Waals surface area contributed by atoms with Gasteiger partial charge in [-0.05, 0) is 24.3 Å². The topological polar surface area (TPSA) is 99.8 Å². The first-order valence-corrected chi connectivity index (χ1v) is 10.7. The number of anilines is 2. The van der Waals surface area contributed by atoms with Crippen LogP contribution in [0.15, 0.2) is 59.8 Å². The highest BCUT2D eigenvalue weighted by Gasteiger charge is 2.71. The maximum Gasteiger partial charge on any atom is 0.430 e. The van der Waals surface area contributed by atoms with E-state index in [1.165, 1.54) is 17.0 Å². The molecule has 33 heavy (non-hydrogen) atoms. The zero-order valence-corrected chi connectivity index (χ0v) is 17.5. The lowest BCUT2D eigenvalue weighted by Gasteiger charge is -2.37. The van der Waals surface area contributed by atoms with Gasteiger partial charge in [0, 0.05) is 36.2 Å². The van der Waals surface area contributed by atoms with Gasteiger partial charge in [-0.1, -0.05) is 18.7 Å². The quantitative estimate of drug-likeness (QED) is 0.632. The molecule has 0 aliphatic carbocycles. The molecule has 180 valence electrons. The number of nitrogens with two attached hydrogens (primary N) is 1. The molecule has 3 N–H and O–H groups in total. The summed E-state index contributed by atoms with van der Waals surface area (Å²) in [4.78, 5) is 5.10. The number of nitrogens with zero attached hydrogens (tertiary/aromatic N) is 3. The van der Waals surface area contributed by atoms with Gasteiger partial charge in [-0.2, -0.15) is 30.6 Å². The summed E-state index contributed by atoms with van der Waals surface area (Å²) in [6.07, 6.45) is -10.9. The Balaban J connectivity index is 1.81. The summed E-state index contributed by atoms with van der Waals surface area (Å²) in [6.45, 7) is 3.58. The number of halogens is 6. The number of rotatable bonds is 4. The second kappa shape index (κ2) is 8.18. The minimum Gasteiger partial charge on any atom is -0.384 e. The van der Waals surface area contributed by atoms with Crippen molar-refractivity contribution in [1.82, 2.24) is 9.29 Å². The number of hydrogen-bond donors (Lipinski definition) is 2. The van der Waals surface area contributed by atoms with Crippen molar-refractivity contribution < 1.29 is 39.9 Å². The van der Waals surface area contributed by atoms with Crippen LogP contribution in [0.2, 0.25) is 0 Å². The largest absolute Gasteiger partial charge is 0.430 e. The minimum atomic E-state index is -5.99. The molecule has 0 atom stereocenters. The van der Waals surface area contributed by atoms with E-state index in [2.05, 4.69) is 11.6 Å². The lowest BCUT2D eigenvalue weighted by molar-refractivity contribution is -0.376. The molecule has 7 nitrogen and oxygen atoms in total. The van der Waals surface area contributed by atoms with E-state index in [9.17, 15) is 39.9 Å². The van der Waals surface area contributed by atoms with Crippen molar-refractivity contribution in [1.29, 1.82) is 0 Å². The molecule has 0 spiro atoms. The molecule has 2 aromatic rings. The normalized spacial score (nSPS) is 16.8. The predicted molar refractivity (Wildman–Crippen MR) is 106 cm³/mol. The lowest BCUT2D eigenvalue weighted by atomic mass is 9.92. The second-order valence-corrected chi connectivity index (χ2v) is 9.17. The van der Waals surface area contributed by atoms with Gasteiger partial charge >= 0.3 is 12.4 Å². The van der Waals surface area contributed by atoms with Gasteiger partial charge in [0.25, 0.3) is 5.60 Å². The SMILES string of the molecule is C=C1CN(S(=O)(=O)c2ccc(N)nc2)CCN1c1ccc(C(O)(C(F)(F)F)C(F)(F)F)cc1. The smallest absolute Gasteiger partial charge is 0.384 e. The van der Waals surface area contributed by atoms with Gasteiger partial charge < -0.3 is 15.7 Å². The van der Waals surface area contributed by atoms with Crippen LogP contribution >= 0.6 is 0 Å². The summed E-state index contributed by atoms with van der Waals surface area (Å²) in [5, 5.41) is 9.49. The van der Waals surface area contributed by atoms with Gasteiger partial charge in [0.1, 0.15) is 10.7 Å². The number of nitrogen functional groups attached to an aromatic ring is 1. The van der Waals surface area contributed by atoms with Crippen LogP contribution in [0.5, 0.6) is 0 Å². The maximum absolute atomic E-state index is 13.1. The molecule has 1 aliphatic heterocycles. The molecule has 0 amide bonds. The van der Waals surface area contributed by atoms with Gasteiger partial charge in [0.15, 0.2) is 0 Å². The van der Waals surface area contributed by atoms with Crippen molar-refractivity contribution in [3.05, 3.63) is 60.4 Å². The van der Waals surface area contributed by atoms with E-state index in [0.29, 0.717) is 12.1 Å². The van der Waals surface area contributed by atoms with Crippen LogP contribution in [-0.4, -0.2) is 54.8 Å². The van der Waals surface area contributed by atoms with Crippen molar-refractivity contribution in [3.8, 4) is 0 Å². The van der Waals surface area contributed by atoms with Crippen LogP contribution in [-0.2, 0) is 15.6 Å². The Labute approximate surface area is 184 Å². The van der Waals surface area contributed by atoms with Crippen LogP contribution in [0.3, 0.4) is 0 Å². The Bertz CT molecular complexity index is 1120. The van der Waals surface area contributed by atoms with Gasteiger partial charge in [0.05, 0.1) is 6.54 Å². The van der Waals surface area contributed by atoms with Crippen LogP contribution in [0.4, 0.5) is 37.8 Å². The number of alkyl halides is 6. The van der Waals surface area contributed by atoms with Gasteiger partial charge in [-0.15, -0.1) is 0 Å². The monoisotopic (exact) mass is 496 g/mol. The molecule has 0 bridgehead atoms. The Hall–Kier alpha value is -2.84. The van der Waals surface area contributed by atoms with E-state index < -0.39 is 33.5 Å². The van der Waals surface area contributed by atoms with Crippen molar-refractivity contribution in [2.24, 2.45) is 0 Å². The molecule has 1 aromatic heterocycles. The van der Waals surface area contributed by atoms with Crippen molar-refractivity contribution in [3.63, 3.8) is 0 Å². The highest BCUT2D eigenvalue weighted by molar-refractivity contribution is 7.89. The zero-order valence-electron chi connectivity index (χ0n) is 16.7. The van der Waals surface area contributed by atoms with E-state index in [4.69, 9.17) is 5.73 Å². The Morgan fingerprint density at radius 1 is 0.970 bits per heavy atom. The molecule has 1 fully saturated rings. The number of aliphatic hydroxyl groups is 1. The summed E-state index contributed by atoms with van der Waals surface area (Å²) in [6, 6.07) is 5.59. The van der Waals surface area contributed by atoms with E-state index in [0.717, 1.165) is 22.6 Å². The number of benzene rings is 1. The lowest BCUT2D eigenvalue weighted by Crippen LogP contribution is -2.53. The van der Waals surface area contributed by atoms with Crippen LogP contribution in [0, 0.1) is 0 Å². The van der Waals surface area contributed by atoms with Crippen LogP contribution < -0.4 is 10.6 Å². The number of sulfonamides is 1. The fraction of sp³-hybridized carbons (Fsp3) is 0.316. The number of aromatic nitrogens is 1. The van der Waals surface area contributed by atoms with Crippen molar-refractivity contribution in [2.45, 2.75) is 22.8 Å². The first-order valence-electron chi connectivity index (χ1n) is 9.22. The average Bonchev–Trinajstić information content (AvgIpc) is 2.72. The third kappa shape index (κ3) is 4.37.